The highest BCUT2D eigenvalue weighted by Gasteiger charge is 2.07. The normalized spacial score (nSPS) is 11.6. The summed E-state index contributed by atoms with van der Waals surface area (Å²) in [5, 5.41) is 17.7. The Hall–Kier alpha value is -2.94. The number of azo groups is 1. The number of H-pyrrole nitrogens is 2. The van der Waals surface area contributed by atoms with E-state index >= 15 is 0 Å². The van der Waals surface area contributed by atoms with Crippen LogP contribution < -0.4 is 4.74 Å². The molecule has 0 aliphatic rings. The first-order valence-electron chi connectivity index (χ1n) is 6.86. The average Bonchev–Trinajstić information content (AvgIpc) is 3.25. The number of ether oxygens (including phenoxy) is 1. The van der Waals surface area contributed by atoms with E-state index in [2.05, 4.69) is 46.1 Å². The van der Waals surface area contributed by atoms with E-state index in [1.165, 1.54) is 7.11 Å². The van der Waals surface area contributed by atoms with E-state index in [1.807, 2.05) is 12.2 Å². The summed E-state index contributed by atoms with van der Waals surface area (Å²) in [7, 11) is 1.50. The van der Waals surface area contributed by atoms with E-state index in [1.54, 1.807) is 30.7 Å². The van der Waals surface area contributed by atoms with Gasteiger partial charge >= 0.3 is 0 Å². The van der Waals surface area contributed by atoms with E-state index < -0.39 is 0 Å². The van der Waals surface area contributed by atoms with Crippen LogP contribution >= 0.6 is 15.9 Å². The lowest BCUT2D eigenvalue weighted by Crippen LogP contribution is -1.85. The van der Waals surface area contributed by atoms with Gasteiger partial charge in [0.25, 0.3) is 0 Å². The van der Waals surface area contributed by atoms with Crippen molar-refractivity contribution in [2.75, 3.05) is 7.11 Å². The quantitative estimate of drug-likeness (QED) is 0.568. The first-order chi connectivity index (χ1) is 11.7. The van der Waals surface area contributed by atoms with Gasteiger partial charge in [0.05, 0.1) is 23.5 Å². The number of nitrogens with one attached hydrogen (secondary N) is 2. The monoisotopic (exact) mass is 388 g/mol. The lowest BCUT2D eigenvalue weighted by Gasteiger charge is -2.06. The number of aromatic hydroxyl groups is 1. The number of hydrogen-bond donors (Lipinski definition) is 3. The molecule has 122 valence electrons. The molecule has 0 bridgehead atoms. The van der Waals surface area contributed by atoms with E-state index in [-0.39, 0.29) is 5.75 Å². The fourth-order valence-corrected chi connectivity index (χ4v) is 2.36. The molecule has 2 aromatic heterocycles. The second-order valence-corrected chi connectivity index (χ2v) is 5.52. The summed E-state index contributed by atoms with van der Waals surface area (Å²) in [5.74, 6) is 1.23. The van der Waals surface area contributed by atoms with Gasteiger partial charge < -0.3 is 19.8 Å². The number of benzene rings is 1. The van der Waals surface area contributed by atoms with Crippen molar-refractivity contribution in [2.24, 2.45) is 10.2 Å². The number of aromatic amines is 2. The van der Waals surface area contributed by atoms with Crippen LogP contribution in [0.3, 0.4) is 0 Å². The Kier molecular flexibility index (Phi) is 4.71. The molecule has 0 saturated carbocycles. The predicted octanol–water partition coefficient (Wildman–Crippen LogP) is 4.20. The molecular formula is C15H13BrN6O2. The predicted molar refractivity (Wildman–Crippen MR) is 92.6 cm³/mol. The number of phenols is 1. The number of nitrogens with zero attached hydrogens (tertiary/aromatic N) is 4. The molecule has 0 spiro atoms. The molecule has 3 aromatic rings. The van der Waals surface area contributed by atoms with Crippen molar-refractivity contribution in [3.63, 3.8) is 0 Å². The number of phenolic OH excluding ortho intramolecular Hbond substituents is 1. The minimum atomic E-state index is 0.0665. The summed E-state index contributed by atoms with van der Waals surface area (Å²) >= 11 is 3.29. The van der Waals surface area contributed by atoms with Crippen molar-refractivity contribution >= 4 is 40.0 Å². The topological polar surface area (TPSA) is 112 Å². The smallest absolute Gasteiger partial charge is 0.247 e. The lowest BCUT2D eigenvalue weighted by atomic mass is 10.2. The molecule has 0 radical (unpaired) electrons. The fraction of sp³-hybridized carbons (Fsp3) is 0.0667. The Morgan fingerprint density at radius 3 is 2.79 bits per heavy atom. The highest BCUT2D eigenvalue weighted by molar-refractivity contribution is 9.10. The third-order valence-corrected chi connectivity index (χ3v) is 3.64. The largest absolute Gasteiger partial charge is 0.503 e. The van der Waals surface area contributed by atoms with Gasteiger partial charge in [0, 0.05) is 12.4 Å². The van der Waals surface area contributed by atoms with Gasteiger partial charge in [-0.25, -0.2) is 9.97 Å². The van der Waals surface area contributed by atoms with Crippen LogP contribution in [0.1, 0.15) is 11.3 Å². The van der Waals surface area contributed by atoms with Crippen LogP contribution in [0.25, 0.3) is 12.2 Å². The Morgan fingerprint density at radius 2 is 2.04 bits per heavy atom. The van der Waals surface area contributed by atoms with E-state index in [0.29, 0.717) is 22.1 Å². The van der Waals surface area contributed by atoms with Crippen LogP contribution in [0.2, 0.25) is 0 Å². The van der Waals surface area contributed by atoms with Crippen LogP contribution in [0.4, 0.5) is 11.9 Å². The molecule has 2 heterocycles. The van der Waals surface area contributed by atoms with E-state index in [4.69, 9.17) is 4.74 Å². The van der Waals surface area contributed by atoms with Crippen LogP contribution in [0, 0.1) is 0 Å². The number of hydrogen-bond acceptors (Lipinski definition) is 6. The van der Waals surface area contributed by atoms with Gasteiger partial charge in [-0.05, 0) is 39.7 Å². The molecule has 9 heteroatoms. The molecule has 0 fully saturated rings. The van der Waals surface area contributed by atoms with Gasteiger partial charge in [-0.3, -0.25) is 0 Å². The molecule has 1 aromatic carbocycles. The molecule has 0 saturated heterocycles. The Bertz CT molecular complexity index is 886. The molecule has 0 unspecified atom stereocenters. The van der Waals surface area contributed by atoms with Gasteiger partial charge in [-0.15, -0.1) is 10.2 Å². The summed E-state index contributed by atoms with van der Waals surface area (Å²) < 4.78 is 5.67. The summed E-state index contributed by atoms with van der Waals surface area (Å²) in [6.07, 6.45) is 8.58. The zero-order valence-corrected chi connectivity index (χ0v) is 14.1. The number of rotatable bonds is 5. The molecule has 0 aliphatic carbocycles. The lowest BCUT2D eigenvalue weighted by molar-refractivity contribution is 0.372. The summed E-state index contributed by atoms with van der Waals surface area (Å²) in [4.78, 5) is 13.9. The zero-order valence-electron chi connectivity index (χ0n) is 12.6. The second kappa shape index (κ2) is 7.09. The van der Waals surface area contributed by atoms with Crippen molar-refractivity contribution in [3.05, 3.63) is 46.5 Å². The van der Waals surface area contributed by atoms with Crippen molar-refractivity contribution in [2.45, 2.75) is 0 Å². The van der Waals surface area contributed by atoms with Crippen LogP contribution in [0.15, 0.2) is 45.4 Å². The van der Waals surface area contributed by atoms with Gasteiger partial charge in [-0.2, -0.15) is 0 Å². The molecule has 0 aliphatic heterocycles. The van der Waals surface area contributed by atoms with Crippen molar-refractivity contribution in [1.82, 2.24) is 19.9 Å². The highest BCUT2D eigenvalue weighted by Crippen LogP contribution is 2.35. The molecule has 8 nitrogen and oxygen atoms in total. The first kappa shape index (κ1) is 15.9. The maximum absolute atomic E-state index is 9.81. The van der Waals surface area contributed by atoms with Gasteiger partial charge in [0.1, 0.15) is 0 Å². The third-order valence-electron chi connectivity index (χ3n) is 3.03. The molecule has 3 rings (SSSR count). The van der Waals surface area contributed by atoms with Crippen molar-refractivity contribution < 1.29 is 9.84 Å². The van der Waals surface area contributed by atoms with E-state index in [9.17, 15) is 5.11 Å². The standard InChI is InChI=1S/C15H13BrN6O2/c1-24-12-7-9(6-11(16)13(12)23)2-3-10-8-19-15(20-10)22-21-14-17-4-5-18-14/h2-8,23H,1H3,(H,17,18)(H,19,20)/b3-2+,22-21?. The second-order valence-electron chi connectivity index (χ2n) is 4.66. The van der Waals surface area contributed by atoms with Crippen molar-refractivity contribution in [3.8, 4) is 11.5 Å². The molecule has 24 heavy (non-hydrogen) atoms. The minimum Gasteiger partial charge on any atom is -0.503 e. The van der Waals surface area contributed by atoms with Gasteiger partial charge in [0.2, 0.25) is 11.9 Å². The average molecular weight is 389 g/mol. The highest BCUT2D eigenvalue weighted by atomic mass is 79.9. The summed E-state index contributed by atoms with van der Waals surface area (Å²) in [5.41, 5.74) is 1.61. The number of halogens is 1. The van der Waals surface area contributed by atoms with Crippen LogP contribution in [-0.2, 0) is 0 Å². The maximum Gasteiger partial charge on any atom is 0.247 e. The van der Waals surface area contributed by atoms with Crippen molar-refractivity contribution in [1.29, 1.82) is 0 Å². The molecule has 0 atom stereocenters. The van der Waals surface area contributed by atoms with Crippen LogP contribution in [0.5, 0.6) is 11.5 Å². The van der Waals surface area contributed by atoms with Gasteiger partial charge in [0.15, 0.2) is 11.5 Å². The molecule has 0 amide bonds. The number of imidazole rings is 2. The maximum atomic E-state index is 9.81. The van der Waals surface area contributed by atoms with Crippen LogP contribution in [-0.4, -0.2) is 32.2 Å². The Labute approximate surface area is 145 Å². The minimum absolute atomic E-state index is 0.0665. The third kappa shape index (κ3) is 3.69. The number of aromatic nitrogens is 4. The summed E-state index contributed by atoms with van der Waals surface area (Å²) in [6.45, 7) is 0. The SMILES string of the molecule is COc1cc(/C=C/c2cnc(N=Nc3ncc[nH]3)[nH]2)cc(Br)c1O. The number of methoxy groups -OCH3 is 1. The Morgan fingerprint density at radius 1 is 1.21 bits per heavy atom. The zero-order chi connectivity index (χ0) is 16.9. The summed E-state index contributed by atoms with van der Waals surface area (Å²) in [6, 6.07) is 3.51. The first-order valence-corrected chi connectivity index (χ1v) is 7.65. The molecule has 3 N–H and O–H groups in total. The van der Waals surface area contributed by atoms with E-state index in [0.717, 1.165) is 11.3 Å². The molecular weight excluding hydrogens is 376 g/mol. The fourth-order valence-electron chi connectivity index (χ4n) is 1.90. The van der Waals surface area contributed by atoms with Gasteiger partial charge in [-0.1, -0.05) is 6.08 Å². The Balaban J connectivity index is 1.75.